The van der Waals surface area contributed by atoms with E-state index in [1.54, 1.807) is 25.1 Å². The normalized spacial score (nSPS) is 10.4. The third-order valence-corrected chi connectivity index (χ3v) is 2.13. The summed E-state index contributed by atoms with van der Waals surface area (Å²) in [5, 5.41) is 6.71. The van der Waals surface area contributed by atoms with Gasteiger partial charge in [0.05, 0.1) is 12.2 Å². The molecule has 5 heteroatoms. The summed E-state index contributed by atoms with van der Waals surface area (Å²) in [6, 6.07) is 6.30. The number of halogens is 1. The Morgan fingerprint density at radius 3 is 2.88 bits per heavy atom. The predicted octanol–water partition coefficient (Wildman–Crippen LogP) is 2.32. The van der Waals surface area contributed by atoms with E-state index in [2.05, 4.69) is 10.5 Å². The van der Waals surface area contributed by atoms with Crippen molar-refractivity contribution in [1.29, 1.82) is 0 Å². The van der Waals surface area contributed by atoms with Crippen LogP contribution < -0.4 is 11.1 Å². The highest BCUT2D eigenvalue weighted by Gasteiger charge is 2.04. The van der Waals surface area contributed by atoms with Crippen molar-refractivity contribution >= 4 is 11.4 Å². The van der Waals surface area contributed by atoms with E-state index in [1.807, 2.05) is 0 Å². The van der Waals surface area contributed by atoms with Crippen LogP contribution in [0.3, 0.4) is 0 Å². The molecule has 0 aliphatic heterocycles. The van der Waals surface area contributed by atoms with Crippen molar-refractivity contribution in [3.63, 3.8) is 0 Å². The first-order chi connectivity index (χ1) is 7.65. The first kappa shape index (κ1) is 10.5. The third kappa shape index (κ3) is 2.31. The molecule has 0 amide bonds. The minimum Gasteiger partial charge on any atom is -0.399 e. The van der Waals surface area contributed by atoms with Crippen molar-refractivity contribution in [2.45, 2.75) is 13.5 Å². The third-order valence-electron chi connectivity index (χ3n) is 2.13. The average molecular weight is 221 g/mol. The molecule has 4 nitrogen and oxygen atoms in total. The van der Waals surface area contributed by atoms with Crippen molar-refractivity contribution in [2.75, 3.05) is 11.1 Å². The highest BCUT2D eigenvalue weighted by Crippen LogP contribution is 2.17. The highest BCUT2D eigenvalue weighted by molar-refractivity contribution is 5.52. The minimum absolute atomic E-state index is 0.375. The van der Waals surface area contributed by atoms with E-state index in [1.165, 1.54) is 6.07 Å². The van der Waals surface area contributed by atoms with E-state index in [0.29, 0.717) is 17.9 Å². The smallest absolute Gasteiger partial charge is 0.148 e. The Bertz CT molecular complexity index is 496. The molecule has 0 saturated heterocycles. The molecular weight excluding hydrogens is 209 g/mol. The molecule has 0 aliphatic carbocycles. The summed E-state index contributed by atoms with van der Waals surface area (Å²) in [6.07, 6.45) is 0. The van der Waals surface area contributed by atoms with Crippen molar-refractivity contribution < 1.29 is 8.91 Å². The van der Waals surface area contributed by atoms with Crippen LogP contribution in [0.25, 0.3) is 0 Å². The number of benzene rings is 1. The van der Waals surface area contributed by atoms with Gasteiger partial charge in [-0.3, -0.25) is 0 Å². The average Bonchev–Trinajstić information content (AvgIpc) is 2.63. The maximum absolute atomic E-state index is 13.4. The lowest BCUT2D eigenvalue weighted by atomic mass is 10.2. The maximum atomic E-state index is 13.4. The number of aryl methyl sites for hydroxylation is 1. The fourth-order valence-corrected chi connectivity index (χ4v) is 1.36. The number of aromatic nitrogens is 1. The molecule has 3 N–H and O–H groups in total. The molecule has 1 aromatic heterocycles. The van der Waals surface area contributed by atoms with Crippen LogP contribution in [0.5, 0.6) is 0 Å². The molecule has 0 radical (unpaired) electrons. The molecule has 0 aliphatic rings. The summed E-state index contributed by atoms with van der Waals surface area (Å²) < 4.78 is 18.3. The first-order valence-electron chi connectivity index (χ1n) is 4.86. The summed E-state index contributed by atoms with van der Waals surface area (Å²) in [6.45, 7) is 2.22. The number of nitrogens with one attached hydrogen (secondary N) is 1. The zero-order valence-electron chi connectivity index (χ0n) is 8.83. The molecule has 1 aromatic carbocycles. The molecule has 0 fully saturated rings. The number of hydrogen-bond donors (Lipinski definition) is 2. The fourth-order valence-electron chi connectivity index (χ4n) is 1.36. The number of nitrogen functional groups attached to an aromatic ring is 1. The van der Waals surface area contributed by atoms with Crippen LogP contribution >= 0.6 is 0 Å². The Balaban J connectivity index is 2.04. The Morgan fingerprint density at radius 2 is 2.25 bits per heavy atom. The van der Waals surface area contributed by atoms with Gasteiger partial charge in [-0.1, -0.05) is 5.16 Å². The Hall–Kier alpha value is -2.04. The zero-order valence-corrected chi connectivity index (χ0v) is 8.83. The number of nitrogens with zero attached hydrogens (tertiary/aromatic N) is 1. The summed E-state index contributed by atoms with van der Waals surface area (Å²) in [7, 11) is 0. The van der Waals surface area contributed by atoms with Crippen LogP contribution in [0, 0.1) is 12.7 Å². The topological polar surface area (TPSA) is 64.1 Å². The van der Waals surface area contributed by atoms with Gasteiger partial charge < -0.3 is 15.6 Å². The van der Waals surface area contributed by atoms with Gasteiger partial charge >= 0.3 is 0 Å². The monoisotopic (exact) mass is 221 g/mol. The quantitative estimate of drug-likeness (QED) is 0.781. The SMILES string of the molecule is Cc1cc(CNc2ccc(N)cc2F)no1. The van der Waals surface area contributed by atoms with Gasteiger partial charge in [0.2, 0.25) is 0 Å². The number of rotatable bonds is 3. The predicted molar refractivity (Wildman–Crippen MR) is 59.4 cm³/mol. The second-order valence-corrected chi connectivity index (χ2v) is 3.52. The molecule has 0 bridgehead atoms. The van der Waals surface area contributed by atoms with Gasteiger partial charge in [0.15, 0.2) is 0 Å². The fraction of sp³-hybridized carbons (Fsp3) is 0.182. The van der Waals surface area contributed by atoms with Gasteiger partial charge in [0.25, 0.3) is 0 Å². The maximum Gasteiger partial charge on any atom is 0.148 e. The van der Waals surface area contributed by atoms with Gasteiger partial charge in [0, 0.05) is 11.8 Å². The summed E-state index contributed by atoms with van der Waals surface area (Å²) in [5.41, 5.74) is 6.97. The van der Waals surface area contributed by atoms with E-state index in [9.17, 15) is 4.39 Å². The first-order valence-corrected chi connectivity index (χ1v) is 4.86. The van der Waals surface area contributed by atoms with E-state index in [-0.39, 0.29) is 5.82 Å². The Labute approximate surface area is 92.2 Å². The van der Waals surface area contributed by atoms with E-state index in [4.69, 9.17) is 10.3 Å². The second-order valence-electron chi connectivity index (χ2n) is 3.52. The van der Waals surface area contributed by atoms with Crippen LogP contribution in [0.15, 0.2) is 28.8 Å². The molecule has 16 heavy (non-hydrogen) atoms. The zero-order chi connectivity index (χ0) is 11.5. The van der Waals surface area contributed by atoms with Gasteiger partial charge in [-0.05, 0) is 25.1 Å². The van der Waals surface area contributed by atoms with E-state index >= 15 is 0 Å². The lowest BCUT2D eigenvalue weighted by Crippen LogP contribution is -2.02. The van der Waals surface area contributed by atoms with Crippen molar-refractivity contribution in [1.82, 2.24) is 5.16 Å². The molecule has 0 spiro atoms. The van der Waals surface area contributed by atoms with Crippen molar-refractivity contribution in [3.05, 3.63) is 41.5 Å². The lowest BCUT2D eigenvalue weighted by Gasteiger charge is -2.05. The number of anilines is 2. The van der Waals surface area contributed by atoms with Crippen molar-refractivity contribution in [2.24, 2.45) is 0 Å². The van der Waals surface area contributed by atoms with Gasteiger partial charge in [-0.2, -0.15) is 0 Å². The number of nitrogens with two attached hydrogens (primary N) is 1. The van der Waals surface area contributed by atoms with E-state index in [0.717, 1.165) is 11.5 Å². The highest BCUT2D eigenvalue weighted by atomic mass is 19.1. The minimum atomic E-state index is -0.375. The Kier molecular flexibility index (Phi) is 2.76. The van der Waals surface area contributed by atoms with Crippen LogP contribution in [0.2, 0.25) is 0 Å². The lowest BCUT2D eigenvalue weighted by molar-refractivity contribution is 0.391. The van der Waals surface area contributed by atoms with Gasteiger partial charge in [0.1, 0.15) is 17.3 Å². The molecule has 0 saturated carbocycles. The summed E-state index contributed by atoms with van der Waals surface area (Å²) in [5.74, 6) is 0.356. The molecule has 0 atom stereocenters. The van der Waals surface area contributed by atoms with Crippen molar-refractivity contribution in [3.8, 4) is 0 Å². The van der Waals surface area contributed by atoms with Crippen LogP contribution in [-0.2, 0) is 6.54 Å². The van der Waals surface area contributed by atoms with E-state index < -0.39 is 0 Å². The second kappa shape index (κ2) is 4.22. The van der Waals surface area contributed by atoms with Gasteiger partial charge in [-0.15, -0.1) is 0 Å². The van der Waals surface area contributed by atoms with Crippen LogP contribution in [0.4, 0.5) is 15.8 Å². The molecule has 2 rings (SSSR count). The molecule has 0 unspecified atom stereocenters. The standard InChI is InChI=1S/C11H12FN3O/c1-7-4-9(15-16-7)6-14-11-3-2-8(13)5-10(11)12/h2-5,14H,6,13H2,1H3. The molecule has 2 aromatic rings. The molecule has 1 heterocycles. The largest absolute Gasteiger partial charge is 0.399 e. The molecule has 84 valence electrons. The van der Waals surface area contributed by atoms with Crippen LogP contribution in [0.1, 0.15) is 11.5 Å². The summed E-state index contributed by atoms with van der Waals surface area (Å²) in [4.78, 5) is 0. The summed E-state index contributed by atoms with van der Waals surface area (Å²) >= 11 is 0. The molecular formula is C11H12FN3O. The van der Waals surface area contributed by atoms with Gasteiger partial charge in [-0.25, -0.2) is 4.39 Å². The van der Waals surface area contributed by atoms with Crippen LogP contribution in [-0.4, -0.2) is 5.16 Å². The number of hydrogen-bond acceptors (Lipinski definition) is 4. The Morgan fingerprint density at radius 1 is 1.44 bits per heavy atom.